The Morgan fingerprint density at radius 3 is 2.81 bits per heavy atom. The van der Waals surface area contributed by atoms with Gasteiger partial charge in [0.15, 0.2) is 0 Å². The molecule has 1 aliphatic carbocycles. The van der Waals surface area contributed by atoms with Crippen molar-refractivity contribution >= 4 is 5.91 Å². The van der Waals surface area contributed by atoms with Crippen LogP contribution in [-0.4, -0.2) is 38.3 Å². The molecule has 0 aromatic rings. The molecular formula is C12H24N2O2. The Morgan fingerprint density at radius 2 is 2.12 bits per heavy atom. The van der Waals surface area contributed by atoms with Gasteiger partial charge in [-0.1, -0.05) is 12.8 Å². The average molecular weight is 228 g/mol. The second-order valence-corrected chi connectivity index (χ2v) is 4.26. The molecule has 94 valence electrons. The minimum atomic E-state index is 0.100. The number of hydrogen-bond acceptors (Lipinski definition) is 3. The first-order valence-electron chi connectivity index (χ1n) is 6.40. The molecule has 0 bridgehead atoms. The van der Waals surface area contributed by atoms with Crippen molar-refractivity contribution < 1.29 is 9.53 Å². The average Bonchev–Trinajstić information content (AvgIpc) is 2.79. The minimum absolute atomic E-state index is 0.100. The third kappa shape index (κ3) is 6.08. The maximum atomic E-state index is 11.4. The van der Waals surface area contributed by atoms with Crippen LogP contribution in [0.2, 0.25) is 0 Å². The molecule has 1 aliphatic rings. The zero-order chi connectivity index (χ0) is 11.6. The summed E-state index contributed by atoms with van der Waals surface area (Å²) in [6.07, 6.45) is 5.93. The van der Waals surface area contributed by atoms with Crippen LogP contribution in [0.25, 0.3) is 0 Å². The standard InChI is InChI=1S/C12H24N2O2/c1-2-16-9-5-8-13-12(15)10-14-11-6-3-4-7-11/h11,14H,2-10H2,1H3,(H,13,15). The van der Waals surface area contributed by atoms with E-state index in [1.54, 1.807) is 0 Å². The zero-order valence-corrected chi connectivity index (χ0v) is 10.3. The van der Waals surface area contributed by atoms with Gasteiger partial charge in [0.25, 0.3) is 0 Å². The van der Waals surface area contributed by atoms with E-state index in [0.29, 0.717) is 19.1 Å². The van der Waals surface area contributed by atoms with Crippen LogP contribution in [0.1, 0.15) is 39.0 Å². The number of amides is 1. The van der Waals surface area contributed by atoms with Crippen LogP contribution in [0.4, 0.5) is 0 Å². The van der Waals surface area contributed by atoms with Crippen LogP contribution in [0.5, 0.6) is 0 Å². The summed E-state index contributed by atoms with van der Waals surface area (Å²) in [6.45, 7) is 4.62. The van der Waals surface area contributed by atoms with Crippen LogP contribution >= 0.6 is 0 Å². The summed E-state index contributed by atoms with van der Waals surface area (Å²) >= 11 is 0. The maximum absolute atomic E-state index is 11.4. The fourth-order valence-corrected chi connectivity index (χ4v) is 1.98. The molecule has 0 aromatic carbocycles. The van der Waals surface area contributed by atoms with Crippen LogP contribution in [0.15, 0.2) is 0 Å². The maximum Gasteiger partial charge on any atom is 0.233 e. The summed E-state index contributed by atoms with van der Waals surface area (Å²) in [5, 5.41) is 6.17. The van der Waals surface area contributed by atoms with Gasteiger partial charge in [0, 0.05) is 25.8 Å². The molecule has 0 spiro atoms. The lowest BCUT2D eigenvalue weighted by molar-refractivity contribution is -0.120. The number of hydrogen-bond donors (Lipinski definition) is 2. The SMILES string of the molecule is CCOCCCNC(=O)CNC1CCCC1. The number of carbonyl (C=O) groups excluding carboxylic acids is 1. The fourth-order valence-electron chi connectivity index (χ4n) is 1.98. The summed E-state index contributed by atoms with van der Waals surface area (Å²) < 4.78 is 5.19. The van der Waals surface area contributed by atoms with Crippen molar-refractivity contribution in [2.24, 2.45) is 0 Å². The van der Waals surface area contributed by atoms with Gasteiger partial charge in [0.2, 0.25) is 5.91 Å². The lowest BCUT2D eigenvalue weighted by Gasteiger charge is -2.11. The predicted molar refractivity (Wildman–Crippen MR) is 64.4 cm³/mol. The molecule has 0 heterocycles. The van der Waals surface area contributed by atoms with Crippen LogP contribution in [0, 0.1) is 0 Å². The Hall–Kier alpha value is -0.610. The monoisotopic (exact) mass is 228 g/mol. The minimum Gasteiger partial charge on any atom is -0.382 e. The Morgan fingerprint density at radius 1 is 1.38 bits per heavy atom. The van der Waals surface area contributed by atoms with E-state index < -0.39 is 0 Å². The molecule has 1 amide bonds. The normalized spacial score (nSPS) is 16.6. The van der Waals surface area contributed by atoms with Gasteiger partial charge in [-0.3, -0.25) is 4.79 Å². The molecule has 1 fully saturated rings. The van der Waals surface area contributed by atoms with Crippen molar-refractivity contribution in [1.82, 2.24) is 10.6 Å². The topological polar surface area (TPSA) is 50.4 Å². The smallest absolute Gasteiger partial charge is 0.233 e. The molecule has 0 radical (unpaired) electrons. The van der Waals surface area contributed by atoms with E-state index in [1.165, 1.54) is 25.7 Å². The van der Waals surface area contributed by atoms with Crippen LogP contribution < -0.4 is 10.6 Å². The number of ether oxygens (including phenoxy) is 1. The highest BCUT2D eigenvalue weighted by molar-refractivity contribution is 5.77. The summed E-state index contributed by atoms with van der Waals surface area (Å²) in [5.41, 5.74) is 0. The molecule has 16 heavy (non-hydrogen) atoms. The summed E-state index contributed by atoms with van der Waals surface area (Å²) in [7, 11) is 0. The molecular weight excluding hydrogens is 204 g/mol. The van der Waals surface area contributed by atoms with Gasteiger partial charge in [0.05, 0.1) is 6.54 Å². The first-order valence-corrected chi connectivity index (χ1v) is 6.40. The van der Waals surface area contributed by atoms with Crippen molar-refractivity contribution in [2.45, 2.75) is 45.1 Å². The number of rotatable bonds is 8. The van der Waals surface area contributed by atoms with Crippen LogP contribution in [-0.2, 0) is 9.53 Å². The lowest BCUT2D eigenvalue weighted by Crippen LogP contribution is -2.38. The van der Waals surface area contributed by atoms with E-state index in [2.05, 4.69) is 10.6 Å². The molecule has 0 saturated heterocycles. The third-order valence-electron chi connectivity index (χ3n) is 2.90. The van der Waals surface area contributed by atoms with Crippen molar-refractivity contribution in [3.05, 3.63) is 0 Å². The van der Waals surface area contributed by atoms with Gasteiger partial charge in [-0.25, -0.2) is 0 Å². The Kier molecular flexibility index (Phi) is 7.17. The molecule has 2 N–H and O–H groups in total. The summed E-state index contributed by atoms with van der Waals surface area (Å²) in [4.78, 5) is 11.4. The van der Waals surface area contributed by atoms with Gasteiger partial charge in [-0.2, -0.15) is 0 Å². The molecule has 4 nitrogen and oxygen atoms in total. The van der Waals surface area contributed by atoms with Crippen LogP contribution in [0.3, 0.4) is 0 Å². The molecule has 0 unspecified atom stereocenters. The molecule has 0 aromatic heterocycles. The van der Waals surface area contributed by atoms with E-state index in [9.17, 15) is 4.79 Å². The highest BCUT2D eigenvalue weighted by Crippen LogP contribution is 2.17. The van der Waals surface area contributed by atoms with E-state index in [0.717, 1.165) is 19.6 Å². The fraction of sp³-hybridized carbons (Fsp3) is 0.917. The zero-order valence-electron chi connectivity index (χ0n) is 10.3. The third-order valence-corrected chi connectivity index (χ3v) is 2.90. The Balaban J connectivity index is 1.90. The highest BCUT2D eigenvalue weighted by Gasteiger charge is 2.14. The predicted octanol–water partition coefficient (Wildman–Crippen LogP) is 1.06. The second-order valence-electron chi connectivity index (χ2n) is 4.26. The van der Waals surface area contributed by atoms with Crippen molar-refractivity contribution in [1.29, 1.82) is 0 Å². The van der Waals surface area contributed by atoms with E-state index in [1.807, 2.05) is 6.92 Å². The number of nitrogens with one attached hydrogen (secondary N) is 2. The molecule has 1 rings (SSSR count). The quantitative estimate of drug-likeness (QED) is 0.611. The Labute approximate surface area is 98.1 Å². The van der Waals surface area contributed by atoms with Gasteiger partial charge in [-0.15, -0.1) is 0 Å². The lowest BCUT2D eigenvalue weighted by atomic mass is 10.2. The molecule has 0 aliphatic heterocycles. The molecule has 4 heteroatoms. The van der Waals surface area contributed by atoms with Gasteiger partial charge >= 0.3 is 0 Å². The molecule has 1 saturated carbocycles. The first-order chi connectivity index (χ1) is 7.83. The van der Waals surface area contributed by atoms with Gasteiger partial charge < -0.3 is 15.4 Å². The van der Waals surface area contributed by atoms with E-state index in [-0.39, 0.29) is 5.91 Å². The largest absolute Gasteiger partial charge is 0.382 e. The highest BCUT2D eigenvalue weighted by atomic mass is 16.5. The van der Waals surface area contributed by atoms with E-state index >= 15 is 0 Å². The van der Waals surface area contributed by atoms with Crippen molar-refractivity contribution in [2.75, 3.05) is 26.3 Å². The summed E-state index contributed by atoms with van der Waals surface area (Å²) in [5.74, 6) is 0.100. The van der Waals surface area contributed by atoms with Gasteiger partial charge in [0.1, 0.15) is 0 Å². The second kappa shape index (κ2) is 8.53. The van der Waals surface area contributed by atoms with E-state index in [4.69, 9.17) is 4.74 Å². The van der Waals surface area contributed by atoms with Crippen molar-refractivity contribution in [3.8, 4) is 0 Å². The number of carbonyl (C=O) groups is 1. The van der Waals surface area contributed by atoms with Crippen molar-refractivity contribution in [3.63, 3.8) is 0 Å². The molecule has 0 atom stereocenters. The summed E-state index contributed by atoms with van der Waals surface area (Å²) in [6, 6.07) is 0.564. The Bertz CT molecular complexity index is 191. The first kappa shape index (κ1) is 13.5. The van der Waals surface area contributed by atoms with Gasteiger partial charge in [-0.05, 0) is 26.2 Å².